The third kappa shape index (κ3) is 2.43. The summed E-state index contributed by atoms with van der Waals surface area (Å²) >= 11 is 1.92. The largest absolute Gasteiger partial charge is 0.362 e. The Kier molecular flexibility index (Phi) is 3.61. The molecule has 0 saturated heterocycles. The summed E-state index contributed by atoms with van der Waals surface area (Å²) in [6.45, 7) is 6.92. The first-order valence-corrected chi connectivity index (χ1v) is 8.59. The lowest BCUT2D eigenvalue weighted by atomic mass is 9.84. The molecule has 5 unspecified atom stereocenters. The van der Waals surface area contributed by atoms with E-state index < -0.39 is 0 Å². The molecule has 3 aliphatic rings. The van der Waals surface area contributed by atoms with Gasteiger partial charge < -0.3 is 5.32 Å². The predicted molar refractivity (Wildman–Crippen MR) is 80.1 cm³/mol. The molecule has 2 nitrogen and oxygen atoms in total. The van der Waals surface area contributed by atoms with E-state index in [1.807, 2.05) is 11.8 Å². The molecule has 0 radical (unpaired) electrons. The van der Waals surface area contributed by atoms with Gasteiger partial charge >= 0.3 is 0 Å². The fourth-order valence-electron chi connectivity index (χ4n) is 4.02. The van der Waals surface area contributed by atoms with E-state index in [0.29, 0.717) is 18.0 Å². The number of amidine groups is 1. The van der Waals surface area contributed by atoms with Gasteiger partial charge in [-0.05, 0) is 49.9 Å². The Balaban J connectivity index is 1.55. The van der Waals surface area contributed by atoms with Crippen LogP contribution in [0.3, 0.4) is 0 Å². The minimum absolute atomic E-state index is 0.532. The van der Waals surface area contributed by atoms with Crippen LogP contribution in [0.2, 0.25) is 0 Å². The lowest BCUT2D eigenvalue weighted by Gasteiger charge is -2.28. The van der Waals surface area contributed by atoms with Crippen LogP contribution in [0.25, 0.3) is 0 Å². The van der Waals surface area contributed by atoms with Gasteiger partial charge in [0.05, 0.1) is 6.04 Å². The molecule has 2 saturated carbocycles. The third-order valence-corrected chi connectivity index (χ3v) is 6.23. The van der Waals surface area contributed by atoms with E-state index in [9.17, 15) is 0 Å². The Morgan fingerprint density at radius 3 is 2.61 bits per heavy atom. The number of nitrogens with zero attached hydrogens (tertiary/aromatic N) is 1. The molecule has 2 bridgehead atoms. The monoisotopic (exact) mass is 266 g/mol. The maximum atomic E-state index is 4.83. The maximum Gasteiger partial charge on any atom is 0.157 e. The molecule has 0 aromatic heterocycles. The smallest absolute Gasteiger partial charge is 0.157 e. The zero-order chi connectivity index (χ0) is 12.7. The molecule has 1 heterocycles. The van der Waals surface area contributed by atoms with Crippen LogP contribution < -0.4 is 5.32 Å². The second-order valence-electron chi connectivity index (χ2n) is 6.83. The molecule has 5 atom stereocenters. The van der Waals surface area contributed by atoms with Gasteiger partial charge in [-0.1, -0.05) is 32.0 Å². The fourth-order valence-corrected chi connectivity index (χ4v) is 5.29. The highest BCUT2D eigenvalue weighted by Crippen LogP contribution is 2.49. The molecular formula is C15H26N2S. The van der Waals surface area contributed by atoms with Crippen molar-refractivity contribution < 1.29 is 0 Å². The zero-order valence-electron chi connectivity index (χ0n) is 11.9. The van der Waals surface area contributed by atoms with E-state index >= 15 is 0 Å². The second-order valence-corrected chi connectivity index (χ2v) is 7.84. The van der Waals surface area contributed by atoms with Crippen LogP contribution in [0, 0.1) is 23.7 Å². The molecule has 0 amide bonds. The number of hydrogen-bond donors (Lipinski definition) is 1. The Bertz CT molecular complexity index is 339. The van der Waals surface area contributed by atoms with Gasteiger partial charge in [-0.25, -0.2) is 0 Å². The predicted octanol–water partition coefficient (Wildman–Crippen LogP) is 3.53. The maximum absolute atomic E-state index is 4.83. The number of hydrogen-bond acceptors (Lipinski definition) is 3. The molecule has 3 rings (SSSR count). The van der Waals surface area contributed by atoms with Crippen LogP contribution in [0.1, 0.15) is 46.5 Å². The highest BCUT2D eigenvalue weighted by atomic mass is 32.2. The lowest BCUT2D eigenvalue weighted by molar-refractivity contribution is 0.279. The van der Waals surface area contributed by atoms with Crippen LogP contribution in [-0.2, 0) is 0 Å². The van der Waals surface area contributed by atoms with Gasteiger partial charge in [-0.3, -0.25) is 4.99 Å². The second kappa shape index (κ2) is 5.07. The van der Waals surface area contributed by atoms with Crippen molar-refractivity contribution in [2.75, 3.05) is 5.75 Å². The molecule has 3 heteroatoms. The van der Waals surface area contributed by atoms with Gasteiger partial charge in [0.1, 0.15) is 0 Å². The Hall–Kier alpha value is -0.180. The van der Waals surface area contributed by atoms with E-state index in [2.05, 4.69) is 26.1 Å². The summed E-state index contributed by atoms with van der Waals surface area (Å²) in [6.07, 6.45) is 5.95. The van der Waals surface area contributed by atoms with Crippen molar-refractivity contribution in [1.29, 1.82) is 0 Å². The number of aliphatic imine (C=N–C) groups is 1. The summed E-state index contributed by atoms with van der Waals surface area (Å²) in [6, 6.07) is 1.15. The molecule has 2 fully saturated rings. The van der Waals surface area contributed by atoms with E-state index in [1.54, 1.807) is 0 Å². The molecule has 2 aliphatic carbocycles. The average molecular weight is 266 g/mol. The summed E-state index contributed by atoms with van der Waals surface area (Å²) in [5, 5.41) is 4.92. The molecule has 0 aromatic carbocycles. The first kappa shape index (κ1) is 12.8. The minimum atomic E-state index is 0.532. The topological polar surface area (TPSA) is 24.4 Å². The SMILES string of the molecule is CC(C)C1CSC(NC(C)C2CC3CCC2C3)=N1. The van der Waals surface area contributed by atoms with Gasteiger partial charge in [-0.15, -0.1) is 0 Å². The van der Waals surface area contributed by atoms with E-state index in [4.69, 9.17) is 4.99 Å². The average Bonchev–Trinajstić information content (AvgIpc) is 3.03. The first-order valence-electron chi connectivity index (χ1n) is 7.60. The standard InChI is InChI=1S/C15H26N2S/c1-9(2)14-8-18-15(17-14)16-10(3)13-7-11-4-5-12(13)6-11/h9-14H,4-8H2,1-3H3,(H,16,17). The van der Waals surface area contributed by atoms with Crippen LogP contribution >= 0.6 is 11.8 Å². The normalized spacial score (nSPS) is 40.3. The highest BCUT2D eigenvalue weighted by Gasteiger charge is 2.42. The van der Waals surface area contributed by atoms with Crippen molar-refractivity contribution in [2.24, 2.45) is 28.7 Å². The van der Waals surface area contributed by atoms with E-state index in [0.717, 1.165) is 17.8 Å². The van der Waals surface area contributed by atoms with Crippen molar-refractivity contribution in [1.82, 2.24) is 5.32 Å². The molecule has 0 spiro atoms. The number of nitrogens with one attached hydrogen (secondary N) is 1. The van der Waals surface area contributed by atoms with Crippen molar-refractivity contribution in [3.63, 3.8) is 0 Å². The zero-order valence-corrected chi connectivity index (χ0v) is 12.7. The Labute approximate surface area is 115 Å². The van der Waals surface area contributed by atoms with Gasteiger partial charge in [0.25, 0.3) is 0 Å². The van der Waals surface area contributed by atoms with Gasteiger partial charge in [0.2, 0.25) is 0 Å². The summed E-state index contributed by atoms with van der Waals surface area (Å²) in [5.74, 6) is 4.81. The Morgan fingerprint density at radius 2 is 2.06 bits per heavy atom. The quantitative estimate of drug-likeness (QED) is 0.845. The summed E-state index contributed by atoms with van der Waals surface area (Å²) < 4.78 is 0. The van der Waals surface area contributed by atoms with Crippen molar-refractivity contribution in [3.05, 3.63) is 0 Å². The van der Waals surface area contributed by atoms with Crippen LogP contribution in [0.4, 0.5) is 0 Å². The van der Waals surface area contributed by atoms with E-state index in [1.165, 1.54) is 36.6 Å². The van der Waals surface area contributed by atoms with Crippen LogP contribution in [-0.4, -0.2) is 23.0 Å². The van der Waals surface area contributed by atoms with Crippen LogP contribution in [0.15, 0.2) is 4.99 Å². The summed E-state index contributed by atoms with van der Waals surface area (Å²) in [4.78, 5) is 4.83. The number of rotatable bonds is 3. The van der Waals surface area contributed by atoms with Crippen molar-refractivity contribution >= 4 is 16.9 Å². The van der Waals surface area contributed by atoms with E-state index in [-0.39, 0.29) is 0 Å². The van der Waals surface area contributed by atoms with Crippen LogP contribution in [0.5, 0.6) is 0 Å². The van der Waals surface area contributed by atoms with Gasteiger partial charge in [0.15, 0.2) is 5.17 Å². The first-order chi connectivity index (χ1) is 8.63. The summed E-state index contributed by atoms with van der Waals surface area (Å²) in [7, 11) is 0. The molecule has 18 heavy (non-hydrogen) atoms. The minimum Gasteiger partial charge on any atom is -0.362 e. The highest BCUT2D eigenvalue weighted by molar-refractivity contribution is 8.14. The molecule has 0 aromatic rings. The summed E-state index contributed by atoms with van der Waals surface area (Å²) in [5.41, 5.74) is 0. The Morgan fingerprint density at radius 1 is 1.22 bits per heavy atom. The molecule has 102 valence electrons. The third-order valence-electron chi connectivity index (χ3n) is 5.23. The molecular weight excluding hydrogens is 240 g/mol. The molecule has 1 N–H and O–H groups in total. The fraction of sp³-hybridized carbons (Fsp3) is 0.933. The number of thioether (sulfide) groups is 1. The van der Waals surface area contributed by atoms with Crippen molar-refractivity contribution in [3.8, 4) is 0 Å². The molecule has 1 aliphatic heterocycles. The van der Waals surface area contributed by atoms with Crippen molar-refractivity contribution in [2.45, 2.75) is 58.5 Å². The number of fused-ring (bicyclic) bond motifs is 2. The van der Waals surface area contributed by atoms with Gasteiger partial charge in [-0.2, -0.15) is 0 Å². The van der Waals surface area contributed by atoms with Gasteiger partial charge in [0, 0.05) is 11.8 Å². The lowest BCUT2D eigenvalue weighted by Crippen LogP contribution is -2.38.